The fraction of sp³-hybridized carbons (Fsp3) is 0.304. The lowest BCUT2D eigenvalue weighted by atomic mass is 9.91. The number of piperidine rings is 1. The highest BCUT2D eigenvalue weighted by molar-refractivity contribution is 5.86. The summed E-state index contributed by atoms with van der Waals surface area (Å²) in [4.78, 5) is 18.0. The molecular weight excluding hydrogens is 383 g/mol. The molecular formula is C23H23FN4O2. The van der Waals surface area contributed by atoms with E-state index >= 15 is 0 Å². The summed E-state index contributed by atoms with van der Waals surface area (Å²) >= 11 is 0. The molecule has 4 aromatic rings. The summed E-state index contributed by atoms with van der Waals surface area (Å²) in [6, 6.07) is 11.9. The number of benzene rings is 2. The number of aromatic nitrogens is 2. The summed E-state index contributed by atoms with van der Waals surface area (Å²) in [5, 5.41) is 6.12. The van der Waals surface area contributed by atoms with Gasteiger partial charge in [0.2, 0.25) is 5.91 Å². The zero-order valence-electron chi connectivity index (χ0n) is 16.5. The summed E-state index contributed by atoms with van der Waals surface area (Å²) in [6.07, 6.45) is 4.00. The van der Waals surface area contributed by atoms with Gasteiger partial charge in [-0.1, -0.05) is 23.4 Å². The number of nitrogens with zero attached hydrogens (tertiary/aromatic N) is 2. The number of carbonyl (C=O) groups excluding carboxylic acids is 1. The van der Waals surface area contributed by atoms with Crippen molar-refractivity contribution in [3.05, 3.63) is 65.7 Å². The maximum absolute atomic E-state index is 13.4. The highest BCUT2D eigenvalue weighted by Crippen LogP contribution is 2.33. The number of carbonyl (C=O) groups is 1. The first-order chi connectivity index (χ1) is 14.6. The van der Waals surface area contributed by atoms with Crippen molar-refractivity contribution in [1.82, 2.24) is 15.0 Å². The van der Waals surface area contributed by atoms with Crippen molar-refractivity contribution in [3.63, 3.8) is 0 Å². The molecule has 1 fully saturated rings. The van der Waals surface area contributed by atoms with E-state index in [-0.39, 0.29) is 17.6 Å². The molecule has 5 rings (SSSR count). The zero-order chi connectivity index (χ0) is 20.7. The van der Waals surface area contributed by atoms with Crippen LogP contribution in [0.1, 0.15) is 30.0 Å². The lowest BCUT2D eigenvalue weighted by Gasteiger charge is -2.33. The average molecular weight is 406 g/mol. The van der Waals surface area contributed by atoms with E-state index in [0.29, 0.717) is 25.1 Å². The molecule has 0 spiro atoms. The lowest BCUT2D eigenvalue weighted by molar-refractivity contribution is -0.133. The molecule has 2 aromatic carbocycles. The molecule has 1 atom stereocenters. The number of nitrogens with two attached hydrogens (primary N) is 1. The first kappa shape index (κ1) is 18.8. The fourth-order valence-electron chi connectivity index (χ4n) is 4.46. The van der Waals surface area contributed by atoms with Crippen LogP contribution in [0.2, 0.25) is 0 Å². The third kappa shape index (κ3) is 3.35. The Balaban J connectivity index is 1.24. The molecule has 3 heterocycles. The van der Waals surface area contributed by atoms with Gasteiger partial charge in [0.1, 0.15) is 5.82 Å². The van der Waals surface area contributed by atoms with Crippen LogP contribution in [-0.2, 0) is 11.2 Å². The first-order valence-electron chi connectivity index (χ1n) is 10.2. The van der Waals surface area contributed by atoms with Crippen molar-refractivity contribution in [1.29, 1.82) is 0 Å². The van der Waals surface area contributed by atoms with E-state index in [4.69, 9.17) is 10.3 Å². The van der Waals surface area contributed by atoms with E-state index < -0.39 is 6.04 Å². The number of rotatable bonds is 4. The zero-order valence-corrected chi connectivity index (χ0v) is 16.5. The smallest absolute Gasteiger partial charge is 0.239 e. The normalized spacial score (nSPS) is 16.4. The molecule has 3 N–H and O–H groups in total. The van der Waals surface area contributed by atoms with Gasteiger partial charge in [0.25, 0.3) is 0 Å². The number of hydrogen-bond acceptors (Lipinski definition) is 4. The van der Waals surface area contributed by atoms with Gasteiger partial charge in [-0.25, -0.2) is 4.39 Å². The van der Waals surface area contributed by atoms with Crippen molar-refractivity contribution in [2.75, 3.05) is 13.1 Å². The highest BCUT2D eigenvalue weighted by Gasteiger charge is 2.29. The minimum absolute atomic E-state index is 0.0224. The largest absolute Gasteiger partial charge is 0.361 e. The lowest BCUT2D eigenvalue weighted by Crippen LogP contribution is -2.47. The van der Waals surface area contributed by atoms with Crippen molar-refractivity contribution in [3.8, 4) is 0 Å². The Hall–Kier alpha value is -3.19. The summed E-state index contributed by atoms with van der Waals surface area (Å²) < 4.78 is 18.7. The van der Waals surface area contributed by atoms with Gasteiger partial charge in [0, 0.05) is 47.6 Å². The number of aromatic amines is 1. The number of H-pyrrole nitrogens is 1. The van der Waals surface area contributed by atoms with E-state index in [1.165, 1.54) is 12.1 Å². The predicted octanol–water partition coefficient (Wildman–Crippen LogP) is 3.72. The van der Waals surface area contributed by atoms with Crippen LogP contribution in [0.3, 0.4) is 0 Å². The predicted molar refractivity (Wildman–Crippen MR) is 113 cm³/mol. The van der Waals surface area contributed by atoms with E-state index in [9.17, 15) is 9.18 Å². The third-order valence-electron chi connectivity index (χ3n) is 6.09. The molecule has 0 radical (unpaired) electrons. The maximum Gasteiger partial charge on any atom is 0.239 e. The van der Waals surface area contributed by atoms with E-state index in [0.717, 1.165) is 40.4 Å². The molecule has 2 aromatic heterocycles. The maximum atomic E-state index is 13.4. The van der Waals surface area contributed by atoms with Gasteiger partial charge in [0.15, 0.2) is 5.58 Å². The molecule has 1 amide bonds. The Labute approximate surface area is 172 Å². The Morgan fingerprint density at radius 1 is 1.23 bits per heavy atom. The minimum Gasteiger partial charge on any atom is -0.361 e. The Bertz CT molecular complexity index is 1210. The second kappa shape index (κ2) is 7.57. The molecule has 1 saturated heterocycles. The van der Waals surface area contributed by atoms with Crippen molar-refractivity contribution in [2.45, 2.75) is 31.2 Å². The van der Waals surface area contributed by atoms with Gasteiger partial charge in [-0.2, -0.15) is 0 Å². The molecule has 0 unspecified atom stereocenters. The molecule has 30 heavy (non-hydrogen) atoms. The van der Waals surface area contributed by atoms with Gasteiger partial charge in [-0.05, 0) is 43.0 Å². The molecule has 1 aliphatic heterocycles. The SMILES string of the molecule is N[C@@H](Cc1c[nH]c2ccccc12)C(=O)N1CCC(c2noc3cc(F)ccc23)CC1. The Morgan fingerprint density at radius 2 is 2.03 bits per heavy atom. The molecule has 0 bridgehead atoms. The van der Waals surface area contributed by atoms with Crippen LogP contribution in [-0.4, -0.2) is 40.1 Å². The summed E-state index contributed by atoms with van der Waals surface area (Å²) in [5.41, 5.74) is 9.70. The summed E-state index contributed by atoms with van der Waals surface area (Å²) in [7, 11) is 0. The summed E-state index contributed by atoms with van der Waals surface area (Å²) in [5.74, 6) is -0.175. The highest BCUT2D eigenvalue weighted by atomic mass is 19.1. The minimum atomic E-state index is -0.573. The van der Waals surface area contributed by atoms with Crippen LogP contribution in [0.5, 0.6) is 0 Å². The third-order valence-corrected chi connectivity index (χ3v) is 6.09. The second-order valence-electron chi connectivity index (χ2n) is 7.98. The number of hydrogen-bond donors (Lipinski definition) is 2. The fourth-order valence-corrected chi connectivity index (χ4v) is 4.46. The quantitative estimate of drug-likeness (QED) is 0.541. The van der Waals surface area contributed by atoms with Crippen molar-refractivity contribution in [2.24, 2.45) is 5.73 Å². The number of amides is 1. The van der Waals surface area contributed by atoms with Crippen LogP contribution < -0.4 is 5.73 Å². The number of nitrogens with one attached hydrogen (secondary N) is 1. The van der Waals surface area contributed by atoms with Crippen molar-refractivity contribution < 1.29 is 13.7 Å². The first-order valence-corrected chi connectivity index (χ1v) is 10.2. The molecule has 0 aliphatic carbocycles. The van der Waals surface area contributed by atoms with E-state index in [1.54, 1.807) is 6.07 Å². The van der Waals surface area contributed by atoms with E-state index in [1.807, 2.05) is 35.4 Å². The number of halogens is 1. The van der Waals surface area contributed by atoms with Gasteiger partial charge in [-0.3, -0.25) is 4.79 Å². The van der Waals surface area contributed by atoms with Gasteiger partial charge in [0.05, 0.1) is 11.7 Å². The number of likely N-dealkylation sites (tertiary alicyclic amines) is 1. The average Bonchev–Trinajstić information content (AvgIpc) is 3.37. The molecule has 7 heteroatoms. The molecule has 0 saturated carbocycles. The Morgan fingerprint density at radius 3 is 2.87 bits per heavy atom. The van der Waals surface area contributed by atoms with Crippen LogP contribution in [0.15, 0.2) is 53.2 Å². The summed E-state index contributed by atoms with van der Waals surface area (Å²) in [6.45, 7) is 1.25. The van der Waals surface area contributed by atoms with E-state index in [2.05, 4.69) is 10.1 Å². The van der Waals surface area contributed by atoms with Crippen LogP contribution in [0, 0.1) is 5.82 Å². The van der Waals surface area contributed by atoms with Crippen LogP contribution >= 0.6 is 0 Å². The van der Waals surface area contributed by atoms with Crippen LogP contribution in [0.4, 0.5) is 4.39 Å². The van der Waals surface area contributed by atoms with Gasteiger partial charge < -0.3 is 20.1 Å². The van der Waals surface area contributed by atoms with Crippen LogP contribution in [0.25, 0.3) is 21.9 Å². The molecule has 6 nitrogen and oxygen atoms in total. The standard InChI is InChI=1S/C23H23FN4O2/c24-16-5-6-18-21(12-16)30-27-22(18)14-7-9-28(10-8-14)23(29)19(25)11-15-13-26-20-4-2-1-3-17(15)20/h1-6,12-14,19,26H,7-11,25H2/t19-/m0/s1. The topological polar surface area (TPSA) is 88.2 Å². The number of para-hydroxylation sites is 1. The number of fused-ring (bicyclic) bond motifs is 2. The monoisotopic (exact) mass is 406 g/mol. The van der Waals surface area contributed by atoms with Gasteiger partial charge in [-0.15, -0.1) is 0 Å². The Kier molecular flexibility index (Phi) is 4.75. The second-order valence-corrected chi connectivity index (χ2v) is 7.98. The molecule has 1 aliphatic rings. The van der Waals surface area contributed by atoms with Crippen molar-refractivity contribution >= 4 is 27.8 Å². The van der Waals surface area contributed by atoms with Gasteiger partial charge >= 0.3 is 0 Å². The molecule has 154 valence electrons.